The zero-order chi connectivity index (χ0) is 16.2. The summed E-state index contributed by atoms with van der Waals surface area (Å²) >= 11 is 1.64. The molecular weight excluding hydrogens is 354 g/mol. The van der Waals surface area contributed by atoms with Crippen molar-refractivity contribution in [3.05, 3.63) is 41.4 Å². The Kier molecular flexibility index (Phi) is 6.10. The van der Waals surface area contributed by atoms with Crippen LogP contribution in [-0.4, -0.2) is 16.6 Å². The zero-order valence-electron chi connectivity index (χ0n) is 14.0. The van der Waals surface area contributed by atoms with Crippen molar-refractivity contribution in [2.75, 3.05) is 11.9 Å². The standard InChI is InChI=1S/C19H21N3OS.ClH/c1-2-4-14(5-3-1)10-23-16-8-6-15(7-9-16)22-19-17-11-24-12-18(17)20-13-21-19;/h6-9,11-14H,1-5,10H2,(H,20,21,22);1H. The van der Waals surface area contributed by atoms with E-state index in [2.05, 4.69) is 20.7 Å². The topological polar surface area (TPSA) is 47.0 Å². The van der Waals surface area contributed by atoms with Gasteiger partial charge >= 0.3 is 0 Å². The highest BCUT2D eigenvalue weighted by Gasteiger charge is 2.14. The second kappa shape index (κ2) is 8.50. The van der Waals surface area contributed by atoms with Gasteiger partial charge in [-0.1, -0.05) is 19.3 Å². The van der Waals surface area contributed by atoms with Crippen LogP contribution in [0.25, 0.3) is 10.9 Å². The fourth-order valence-electron chi connectivity index (χ4n) is 3.22. The minimum atomic E-state index is 0. The van der Waals surface area contributed by atoms with E-state index in [-0.39, 0.29) is 12.4 Å². The number of aromatic nitrogens is 2. The lowest BCUT2D eigenvalue weighted by atomic mass is 9.90. The molecule has 0 amide bonds. The van der Waals surface area contributed by atoms with Crippen LogP contribution in [0.15, 0.2) is 41.4 Å². The summed E-state index contributed by atoms with van der Waals surface area (Å²) in [5.41, 5.74) is 1.98. The molecule has 1 fully saturated rings. The zero-order valence-corrected chi connectivity index (χ0v) is 15.6. The van der Waals surface area contributed by atoms with Crippen molar-refractivity contribution in [3.63, 3.8) is 0 Å². The molecule has 6 heteroatoms. The number of nitrogens with one attached hydrogen (secondary N) is 1. The SMILES string of the molecule is Cl.c1nc(Nc2ccc(OCC3CCCCC3)cc2)c2cscc2n1. The van der Waals surface area contributed by atoms with Crippen molar-refractivity contribution >= 4 is 46.2 Å². The van der Waals surface area contributed by atoms with E-state index in [1.165, 1.54) is 32.1 Å². The summed E-state index contributed by atoms with van der Waals surface area (Å²) in [6, 6.07) is 8.13. The highest BCUT2D eigenvalue weighted by Crippen LogP contribution is 2.27. The monoisotopic (exact) mass is 375 g/mol. The van der Waals surface area contributed by atoms with Gasteiger partial charge in [0.05, 0.1) is 17.5 Å². The first-order chi connectivity index (χ1) is 11.9. The number of rotatable bonds is 5. The first kappa shape index (κ1) is 18.0. The van der Waals surface area contributed by atoms with Gasteiger partial charge < -0.3 is 10.1 Å². The Morgan fingerprint density at radius 3 is 2.64 bits per heavy atom. The average molecular weight is 376 g/mol. The minimum Gasteiger partial charge on any atom is -0.493 e. The molecular formula is C19H22ClN3OS. The Morgan fingerprint density at radius 1 is 1.04 bits per heavy atom. The lowest BCUT2D eigenvalue weighted by Crippen LogP contribution is -2.15. The Morgan fingerprint density at radius 2 is 1.84 bits per heavy atom. The number of benzene rings is 1. The molecule has 4 nitrogen and oxygen atoms in total. The van der Waals surface area contributed by atoms with E-state index in [4.69, 9.17) is 4.74 Å². The van der Waals surface area contributed by atoms with Gasteiger partial charge in [-0.05, 0) is 43.0 Å². The van der Waals surface area contributed by atoms with Crippen LogP contribution < -0.4 is 10.1 Å². The molecule has 3 aromatic rings. The molecule has 1 aromatic carbocycles. The Labute approximate surface area is 158 Å². The maximum absolute atomic E-state index is 5.96. The highest BCUT2D eigenvalue weighted by molar-refractivity contribution is 7.09. The summed E-state index contributed by atoms with van der Waals surface area (Å²) in [5.74, 6) is 2.51. The second-order valence-corrected chi connectivity index (χ2v) is 7.10. The van der Waals surface area contributed by atoms with E-state index < -0.39 is 0 Å². The summed E-state index contributed by atoms with van der Waals surface area (Å²) < 4.78 is 5.96. The Hall–Kier alpha value is -1.85. The van der Waals surface area contributed by atoms with E-state index >= 15 is 0 Å². The van der Waals surface area contributed by atoms with Gasteiger partial charge in [-0.2, -0.15) is 0 Å². The number of hydrogen-bond acceptors (Lipinski definition) is 5. The normalized spacial score (nSPS) is 14.9. The molecule has 1 saturated carbocycles. The molecule has 2 heterocycles. The van der Waals surface area contributed by atoms with Crippen LogP contribution in [0.3, 0.4) is 0 Å². The average Bonchev–Trinajstić information content (AvgIpc) is 3.12. The smallest absolute Gasteiger partial charge is 0.142 e. The molecule has 0 saturated heterocycles. The molecule has 0 unspecified atom stereocenters. The third kappa shape index (κ3) is 4.41. The van der Waals surface area contributed by atoms with Gasteiger partial charge in [0.25, 0.3) is 0 Å². The molecule has 2 aromatic heterocycles. The predicted molar refractivity (Wildman–Crippen MR) is 106 cm³/mol. The van der Waals surface area contributed by atoms with Crippen molar-refractivity contribution in [3.8, 4) is 5.75 Å². The van der Waals surface area contributed by atoms with Gasteiger partial charge in [0, 0.05) is 16.4 Å². The first-order valence-corrected chi connectivity index (χ1v) is 9.49. The van der Waals surface area contributed by atoms with Crippen LogP contribution in [0.2, 0.25) is 0 Å². The first-order valence-electron chi connectivity index (χ1n) is 8.55. The minimum absolute atomic E-state index is 0. The molecule has 0 aliphatic heterocycles. The molecule has 132 valence electrons. The number of thiophene rings is 1. The van der Waals surface area contributed by atoms with Crippen molar-refractivity contribution in [2.24, 2.45) is 5.92 Å². The largest absolute Gasteiger partial charge is 0.493 e. The van der Waals surface area contributed by atoms with Crippen LogP contribution >= 0.6 is 23.7 Å². The molecule has 4 rings (SSSR count). The number of hydrogen-bond donors (Lipinski definition) is 1. The molecule has 0 atom stereocenters. The number of anilines is 2. The molecule has 1 N–H and O–H groups in total. The van der Waals surface area contributed by atoms with Crippen LogP contribution in [0.5, 0.6) is 5.75 Å². The molecule has 25 heavy (non-hydrogen) atoms. The van der Waals surface area contributed by atoms with Crippen LogP contribution in [0.1, 0.15) is 32.1 Å². The number of halogens is 1. The van der Waals surface area contributed by atoms with Crippen molar-refractivity contribution in [2.45, 2.75) is 32.1 Å². The number of ether oxygens (including phenoxy) is 1. The summed E-state index contributed by atoms with van der Waals surface area (Å²) in [6.45, 7) is 0.841. The third-order valence-corrected chi connectivity index (χ3v) is 5.34. The fourth-order valence-corrected chi connectivity index (χ4v) is 3.98. The fraction of sp³-hybridized carbons (Fsp3) is 0.368. The van der Waals surface area contributed by atoms with Crippen molar-refractivity contribution in [1.82, 2.24) is 9.97 Å². The Balaban J connectivity index is 0.00000182. The van der Waals surface area contributed by atoms with E-state index in [0.29, 0.717) is 0 Å². The Bertz CT molecular complexity index is 800. The molecule has 1 aliphatic rings. The maximum Gasteiger partial charge on any atom is 0.142 e. The van der Waals surface area contributed by atoms with Gasteiger partial charge in [0.1, 0.15) is 17.9 Å². The van der Waals surface area contributed by atoms with E-state index in [9.17, 15) is 0 Å². The number of nitrogens with zero attached hydrogens (tertiary/aromatic N) is 2. The maximum atomic E-state index is 5.96. The van der Waals surface area contributed by atoms with E-state index in [1.807, 2.05) is 29.6 Å². The summed E-state index contributed by atoms with van der Waals surface area (Å²) in [7, 11) is 0. The van der Waals surface area contributed by atoms with Gasteiger partial charge in [0.15, 0.2) is 0 Å². The quantitative estimate of drug-likeness (QED) is 0.610. The lowest BCUT2D eigenvalue weighted by Gasteiger charge is -2.21. The van der Waals surface area contributed by atoms with E-state index in [0.717, 1.165) is 40.7 Å². The van der Waals surface area contributed by atoms with Gasteiger partial charge in [-0.3, -0.25) is 0 Å². The highest BCUT2D eigenvalue weighted by atomic mass is 35.5. The molecule has 0 radical (unpaired) electrons. The van der Waals surface area contributed by atoms with Gasteiger partial charge in [-0.15, -0.1) is 23.7 Å². The van der Waals surface area contributed by atoms with Gasteiger partial charge in [-0.25, -0.2) is 9.97 Å². The van der Waals surface area contributed by atoms with Gasteiger partial charge in [0.2, 0.25) is 0 Å². The molecule has 0 spiro atoms. The van der Waals surface area contributed by atoms with E-state index in [1.54, 1.807) is 17.7 Å². The summed E-state index contributed by atoms with van der Waals surface area (Å²) in [5, 5.41) is 8.52. The van der Waals surface area contributed by atoms with Crippen LogP contribution in [0.4, 0.5) is 11.5 Å². The summed E-state index contributed by atoms with van der Waals surface area (Å²) in [4.78, 5) is 8.61. The van der Waals surface area contributed by atoms with Crippen LogP contribution in [0, 0.1) is 5.92 Å². The lowest BCUT2D eigenvalue weighted by molar-refractivity contribution is 0.209. The van der Waals surface area contributed by atoms with Crippen LogP contribution in [-0.2, 0) is 0 Å². The third-order valence-electron chi connectivity index (χ3n) is 4.61. The van der Waals surface area contributed by atoms with Crippen molar-refractivity contribution in [1.29, 1.82) is 0 Å². The summed E-state index contributed by atoms with van der Waals surface area (Å²) in [6.07, 6.45) is 8.31. The molecule has 1 aliphatic carbocycles. The number of fused-ring (bicyclic) bond motifs is 1. The predicted octanol–water partition coefficient (Wildman–Crippen LogP) is 5.82. The molecule has 0 bridgehead atoms. The second-order valence-electron chi connectivity index (χ2n) is 6.36. The van der Waals surface area contributed by atoms with Crippen molar-refractivity contribution < 1.29 is 4.74 Å².